The summed E-state index contributed by atoms with van der Waals surface area (Å²) in [7, 11) is 0. The molecular formula is C13H12BrFOS. The van der Waals surface area contributed by atoms with Crippen molar-refractivity contribution in [3.8, 4) is 0 Å². The van der Waals surface area contributed by atoms with E-state index in [2.05, 4.69) is 15.9 Å². The second-order valence-electron chi connectivity index (χ2n) is 3.97. The molecule has 1 heterocycles. The summed E-state index contributed by atoms with van der Waals surface area (Å²) in [6, 6.07) is 6.56. The smallest absolute Gasteiger partial charge is 0.123 e. The first-order chi connectivity index (χ1) is 8.06. The summed E-state index contributed by atoms with van der Waals surface area (Å²) in [6.07, 6.45) is -0.0309. The topological polar surface area (TPSA) is 20.2 Å². The molecule has 0 aliphatic rings. The predicted molar refractivity (Wildman–Crippen MR) is 71.8 cm³/mol. The summed E-state index contributed by atoms with van der Waals surface area (Å²) < 4.78 is 13.9. The van der Waals surface area contributed by atoms with Gasteiger partial charge in [-0.2, -0.15) is 0 Å². The van der Waals surface area contributed by atoms with Crippen molar-refractivity contribution in [3.63, 3.8) is 0 Å². The van der Waals surface area contributed by atoms with Crippen molar-refractivity contribution in [1.29, 1.82) is 0 Å². The van der Waals surface area contributed by atoms with E-state index in [0.717, 1.165) is 20.5 Å². The van der Waals surface area contributed by atoms with Crippen molar-refractivity contribution in [2.24, 2.45) is 0 Å². The van der Waals surface area contributed by atoms with Crippen molar-refractivity contribution in [2.75, 3.05) is 0 Å². The fourth-order valence-electron chi connectivity index (χ4n) is 1.71. The third-order valence-electron chi connectivity index (χ3n) is 2.69. The van der Waals surface area contributed by atoms with Crippen LogP contribution in [0.3, 0.4) is 0 Å². The number of halogens is 2. The number of aryl methyl sites for hydroxylation is 1. The second-order valence-corrected chi connectivity index (χ2v) is 6.27. The Kier molecular flexibility index (Phi) is 3.97. The molecule has 0 saturated heterocycles. The van der Waals surface area contributed by atoms with Crippen LogP contribution in [0.5, 0.6) is 0 Å². The minimum Gasteiger partial charge on any atom is -0.388 e. The van der Waals surface area contributed by atoms with Gasteiger partial charge in [-0.05, 0) is 63.1 Å². The molecule has 1 N–H and O–H groups in total. The number of aliphatic hydroxyl groups excluding tert-OH is 1. The van der Waals surface area contributed by atoms with Crippen LogP contribution < -0.4 is 0 Å². The Morgan fingerprint density at radius 3 is 2.76 bits per heavy atom. The van der Waals surface area contributed by atoms with Gasteiger partial charge < -0.3 is 5.11 Å². The molecule has 0 radical (unpaired) electrons. The number of hydrogen-bond donors (Lipinski definition) is 1. The lowest BCUT2D eigenvalue weighted by Crippen LogP contribution is -2.02. The highest BCUT2D eigenvalue weighted by molar-refractivity contribution is 9.11. The summed E-state index contributed by atoms with van der Waals surface area (Å²) in [5, 5.41) is 12.0. The van der Waals surface area contributed by atoms with Crippen LogP contribution >= 0.6 is 27.3 Å². The maximum atomic E-state index is 12.9. The molecule has 1 atom stereocenters. The monoisotopic (exact) mass is 314 g/mol. The molecule has 17 heavy (non-hydrogen) atoms. The highest BCUT2D eigenvalue weighted by atomic mass is 79.9. The van der Waals surface area contributed by atoms with E-state index >= 15 is 0 Å². The third-order valence-corrected chi connectivity index (χ3v) is 4.21. The van der Waals surface area contributed by atoms with Crippen molar-refractivity contribution in [1.82, 2.24) is 0 Å². The van der Waals surface area contributed by atoms with Crippen molar-refractivity contribution in [2.45, 2.75) is 19.4 Å². The van der Waals surface area contributed by atoms with Gasteiger partial charge in [0.25, 0.3) is 0 Å². The van der Waals surface area contributed by atoms with E-state index in [9.17, 15) is 9.50 Å². The van der Waals surface area contributed by atoms with Gasteiger partial charge >= 0.3 is 0 Å². The van der Waals surface area contributed by atoms with Crippen LogP contribution in [0.4, 0.5) is 4.39 Å². The lowest BCUT2D eigenvalue weighted by Gasteiger charge is -2.11. The van der Waals surface area contributed by atoms with E-state index in [4.69, 9.17) is 0 Å². The minimum atomic E-state index is -0.540. The van der Waals surface area contributed by atoms with Crippen LogP contribution in [-0.2, 0) is 6.42 Å². The number of benzene rings is 1. The molecule has 2 rings (SSSR count). The minimum absolute atomic E-state index is 0.237. The van der Waals surface area contributed by atoms with Crippen LogP contribution in [-0.4, -0.2) is 5.11 Å². The zero-order valence-corrected chi connectivity index (χ0v) is 11.7. The largest absolute Gasteiger partial charge is 0.388 e. The lowest BCUT2D eigenvalue weighted by atomic mass is 10.00. The Labute approximate surface area is 112 Å². The van der Waals surface area contributed by atoms with Gasteiger partial charge in [0.2, 0.25) is 0 Å². The van der Waals surface area contributed by atoms with Gasteiger partial charge in [0.05, 0.1) is 9.89 Å². The van der Waals surface area contributed by atoms with Gasteiger partial charge in [-0.25, -0.2) is 4.39 Å². The summed E-state index contributed by atoms with van der Waals surface area (Å²) in [4.78, 5) is 0. The first-order valence-corrected chi connectivity index (χ1v) is 6.90. The van der Waals surface area contributed by atoms with Crippen LogP contribution in [0.2, 0.25) is 0 Å². The molecule has 0 aliphatic heterocycles. The van der Waals surface area contributed by atoms with E-state index in [1.165, 1.54) is 12.1 Å². The average Bonchev–Trinajstić information content (AvgIpc) is 2.69. The molecule has 1 aromatic carbocycles. The molecule has 0 aliphatic carbocycles. The van der Waals surface area contributed by atoms with Gasteiger partial charge in [0.1, 0.15) is 5.82 Å². The lowest BCUT2D eigenvalue weighted by molar-refractivity contribution is 0.178. The maximum absolute atomic E-state index is 12.9. The molecule has 90 valence electrons. The van der Waals surface area contributed by atoms with E-state index in [1.807, 2.05) is 18.4 Å². The molecule has 0 bridgehead atoms. The Bertz CT molecular complexity index is 524. The molecule has 1 unspecified atom stereocenters. The molecule has 0 saturated carbocycles. The van der Waals surface area contributed by atoms with Gasteiger partial charge in [-0.1, -0.05) is 6.07 Å². The van der Waals surface area contributed by atoms with Crippen LogP contribution in [0.1, 0.15) is 22.8 Å². The van der Waals surface area contributed by atoms with E-state index < -0.39 is 6.10 Å². The Morgan fingerprint density at radius 1 is 1.41 bits per heavy atom. The standard InChI is InChI=1S/C13H12BrFOS/c1-8-4-11(15)3-2-9(8)5-12(16)10-6-13(14)17-7-10/h2-4,6-7,12,16H,5H2,1H3. The number of hydrogen-bond acceptors (Lipinski definition) is 2. The molecule has 0 spiro atoms. The number of aliphatic hydroxyl groups is 1. The molecule has 0 fully saturated rings. The Morgan fingerprint density at radius 2 is 2.18 bits per heavy atom. The Hall–Kier alpha value is -0.710. The predicted octanol–water partition coefficient (Wildman–Crippen LogP) is 4.23. The van der Waals surface area contributed by atoms with Crippen LogP contribution in [0.15, 0.2) is 33.4 Å². The molecule has 2 aromatic rings. The zero-order valence-electron chi connectivity index (χ0n) is 9.28. The normalized spacial score (nSPS) is 12.7. The average molecular weight is 315 g/mol. The van der Waals surface area contributed by atoms with E-state index in [0.29, 0.717) is 6.42 Å². The zero-order chi connectivity index (χ0) is 12.4. The fraction of sp³-hybridized carbons (Fsp3) is 0.231. The second kappa shape index (κ2) is 5.29. The van der Waals surface area contributed by atoms with Gasteiger partial charge in [-0.15, -0.1) is 11.3 Å². The summed E-state index contributed by atoms with van der Waals surface area (Å²) in [6.45, 7) is 1.86. The quantitative estimate of drug-likeness (QED) is 0.898. The highest BCUT2D eigenvalue weighted by Crippen LogP contribution is 2.28. The van der Waals surface area contributed by atoms with Crippen molar-refractivity contribution < 1.29 is 9.50 Å². The van der Waals surface area contributed by atoms with E-state index in [-0.39, 0.29) is 5.82 Å². The first kappa shape index (κ1) is 12.7. The molecule has 4 heteroatoms. The summed E-state index contributed by atoms with van der Waals surface area (Å²) in [5.41, 5.74) is 2.74. The Balaban J connectivity index is 2.15. The van der Waals surface area contributed by atoms with Crippen molar-refractivity contribution in [3.05, 3.63) is 55.9 Å². The SMILES string of the molecule is Cc1cc(F)ccc1CC(O)c1csc(Br)c1. The fourth-order valence-corrected chi connectivity index (χ4v) is 2.94. The number of thiophene rings is 1. The number of rotatable bonds is 3. The van der Waals surface area contributed by atoms with Crippen molar-refractivity contribution >= 4 is 27.3 Å². The molecule has 0 amide bonds. The first-order valence-electron chi connectivity index (χ1n) is 5.23. The summed E-state index contributed by atoms with van der Waals surface area (Å²) >= 11 is 4.91. The molecular weight excluding hydrogens is 303 g/mol. The van der Waals surface area contributed by atoms with Gasteiger partial charge in [0.15, 0.2) is 0 Å². The summed E-state index contributed by atoms with van der Waals surface area (Å²) in [5.74, 6) is -0.237. The van der Waals surface area contributed by atoms with Crippen LogP contribution in [0.25, 0.3) is 0 Å². The third kappa shape index (κ3) is 3.15. The molecule has 1 aromatic heterocycles. The maximum Gasteiger partial charge on any atom is 0.123 e. The van der Waals surface area contributed by atoms with Crippen LogP contribution in [0, 0.1) is 12.7 Å². The van der Waals surface area contributed by atoms with Gasteiger partial charge in [0, 0.05) is 6.42 Å². The molecule has 1 nitrogen and oxygen atoms in total. The highest BCUT2D eigenvalue weighted by Gasteiger charge is 2.12. The van der Waals surface area contributed by atoms with E-state index in [1.54, 1.807) is 17.4 Å². The van der Waals surface area contributed by atoms with Gasteiger partial charge in [-0.3, -0.25) is 0 Å².